The fourth-order valence-electron chi connectivity index (χ4n) is 4.00. The van der Waals surface area contributed by atoms with Crippen LogP contribution in [-0.4, -0.2) is 62.5 Å². The van der Waals surface area contributed by atoms with Gasteiger partial charge in [0.05, 0.1) is 12.4 Å². The summed E-state index contributed by atoms with van der Waals surface area (Å²) < 4.78 is 0. The van der Waals surface area contributed by atoms with E-state index in [1.54, 1.807) is 0 Å². The van der Waals surface area contributed by atoms with Gasteiger partial charge in [-0.1, -0.05) is 18.2 Å². The number of carboxylic acid groups (broad SMARTS) is 1. The van der Waals surface area contributed by atoms with Crippen LogP contribution >= 0.6 is 0 Å². The molecule has 6 N–H and O–H groups in total. The van der Waals surface area contributed by atoms with Crippen molar-refractivity contribution in [3.8, 4) is 0 Å². The maximum Gasteiger partial charge on any atom is 0.326 e. The summed E-state index contributed by atoms with van der Waals surface area (Å²) in [6, 6.07) is 5.25. The highest BCUT2D eigenvalue weighted by molar-refractivity contribution is 5.93. The maximum atomic E-state index is 13.2. The first-order valence-corrected chi connectivity index (χ1v) is 10.6. The van der Waals surface area contributed by atoms with Crippen LogP contribution in [0.2, 0.25) is 0 Å². The van der Waals surface area contributed by atoms with Gasteiger partial charge < -0.3 is 31.0 Å². The lowest BCUT2D eigenvalue weighted by Gasteiger charge is -2.23. The van der Waals surface area contributed by atoms with Crippen molar-refractivity contribution in [3.05, 3.63) is 54.2 Å². The lowest BCUT2D eigenvalue weighted by atomic mass is 10.0. The molecule has 0 bridgehead atoms. The molecule has 2 aromatic heterocycles. The molecule has 2 amide bonds. The van der Waals surface area contributed by atoms with Gasteiger partial charge >= 0.3 is 5.97 Å². The van der Waals surface area contributed by atoms with Gasteiger partial charge in [0.1, 0.15) is 12.1 Å². The van der Waals surface area contributed by atoms with E-state index in [9.17, 15) is 19.5 Å². The number of carbonyl (C=O) groups excluding carboxylic acids is 2. The highest BCUT2D eigenvalue weighted by Crippen LogP contribution is 2.19. The normalized spacial score (nSPS) is 17.7. The molecule has 0 saturated carbocycles. The lowest BCUT2D eigenvalue weighted by molar-refractivity contribution is -0.142. The van der Waals surface area contributed by atoms with Crippen molar-refractivity contribution in [2.24, 2.45) is 0 Å². The number of nitrogens with one attached hydrogen (secondary N) is 5. The number of benzene rings is 1. The third-order valence-electron chi connectivity index (χ3n) is 5.70. The summed E-state index contributed by atoms with van der Waals surface area (Å²) in [5.74, 6) is -1.97. The zero-order chi connectivity index (χ0) is 22.5. The number of H-pyrrole nitrogens is 2. The fourth-order valence-corrected chi connectivity index (χ4v) is 4.00. The van der Waals surface area contributed by atoms with Crippen LogP contribution in [0.15, 0.2) is 43.0 Å². The predicted molar refractivity (Wildman–Crippen MR) is 117 cm³/mol. The summed E-state index contributed by atoms with van der Waals surface area (Å²) in [4.78, 5) is 47.5. The van der Waals surface area contributed by atoms with E-state index in [2.05, 4.69) is 30.9 Å². The number of nitrogens with zero attached hydrogens (tertiary/aromatic N) is 1. The van der Waals surface area contributed by atoms with Crippen LogP contribution in [0.1, 0.15) is 24.1 Å². The number of aliphatic carboxylic acids is 1. The molecular formula is C22H26N6O4. The van der Waals surface area contributed by atoms with E-state index in [1.807, 2.05) is 30.5 Å². The largest absolute Gasteiger partial charge is 0.480 e. The summed E-state index contributed by atoms with van der Waals surface area (Å²) in [7, 11) is 0. The van der Waals surface area contributed by atoms with E-state index in [0.717, 1.165) is 29.4 Å². The average molecular weight is 438 g/mol. The highest BCUT2D eigenvalue weighted by Gasteiger charge is 2.30. The Hall–Kier alpha value is -3.66. The van der Waals surface area contributed by atoms with Gasteiger partial charge in [-0.3, -0.25) is 9.59 Å². The molecule has 10 heteroatoms. The highest BCUT2D eigenvalue weighted by atomic mass is 16.4. The topological polar surface area (TPSA) is 152 Å². The lowest BCUT2D eigenvalue weighted by Crippen LogP contribution is -2.55. The molecule has 4 rings (SSSR count). The quantitative estimate of drug-likeness (QED) is 0.286. The van der Waals surface area contributed by atoms with Gasteiger partial charge in [0, 0.05) is 41.8 Å². The summed E-state index contributed by atoms with van der Waals surface area (Å²) in [6.07, 6.45) is 6.64. The molecule has 10 nitrogen and oxygen atoms in total. The zero-order valence-corrected chi connectivity index (χ0v) is 17.4. The first kappa shape index (κ1) is 21.6. The molecule has 3 heterocycles. The second-order valence-corrected chi connectivity index (χ2v) is 7.95. The summed E-state index contributed by atoms with van der Waals surface area (Å²) in [6.45, 7) is 0.753. The van der Waals surface area contributed by atoms with Gasteiger partial charge in [0.2, 0.25) is 11.8 Å². The molecule has 3 aromatic rings. The van der Waals surface area contributed by atoms with Gasteiger partial charge in [0.25, 0.3) is 0 Å². The van der Waals surface area contributed by atoms with Crippen molar-refractivity contribution in [2.45, 2.75) is 43.8 Å². The molecule has 0 spiro atoms. The number of para-hydroxylation sites is 1. The predicted octanol–water partition coefficient (Wildman–Crippen LogP) is 0.482. The minimum Gasteiger partial charge on any atom is -0.480 e. The Morgan fingerprint density at radius 3 is 2.69 bits per heavy atom. The molecule has 0 unspecified atom stereocenters. The standard InChI is InChI=1S/C22H26N6O4/c29-20(17-6-3-7-24-17)27-18(8-13-10-25-16-5-2-1-4-15(13)16)21(30)28-19(22(31)32)9-14-11-23-12-26-14/h1-2,4-5,10-12,17-19,24-25H,3,6-9H2,(H,23,26)(H,27,29)(H,28,30)(H,31,32)/t17-,18-,19-/m0/s1. The van der Waals surface area contributed by atoms with E-state index < -0.39 is 24.0 Å². The van der Waals surface area contributed by atoms with E-state index in [-0.39, 0.29) is 24.8 Å². The van der Waals surface area contributed by atoms with Crippen LogP contribution in [0.4, 0.5) is 0 Å². The van der Waals surface area contributed by atoms with Gasteiger partial charge in [-0.05, 0) is 31.0 Å². The Kier molecular flexibility index (Phi) is 6.50. The molecule has 0 aliphatic carbocycles. The molecular weight excluding hydrogens is 412 g/mol. The maximum absolute atomic E-state index is 13.2. The molecule has 0 radical (unpaired) electrons. The molecule has 1 aliphatic rings. The van der Waals surface area contributed by atoms with Crippen LogP contribution in [0.5, 0.6) is 0 Å². The Bertz CT molecular complexity index is 1090. The third kappa shape index (κ3) is 4.97. The van der Waals surface area contributed by atoms with Gasteiger partial charge in [-0.15, -0.1) is 0 Å². The minimum absolute atomic E-state index is 0.0546. The average Bonchev–Trinajstić information content (AvgIpc) is 3.55. The molecule has 1 saturated heterocycles. The summed E-state index contributed by atoms with van der Waals surface area (Å²) >= 11 is 0. The summed E-state index contributed by atoms with van der Waals surface area (Å²) in [5, 5.41) is 19.1. The molecule has 1 aliphatic heterocycles. The van der Waals surface area contributed by atoms with Crippen molar-refractivity contribution in [2.75, 3.05) is 6.54 Å². The second kappa shape index (κ2) is 9.65. The number of rotatable bonds is 9. The monoisotopic (exact) mass is 438 g/mol. The minimum atomic E-state index is -1.16. The molecule has 1 fully saturated rings. The van der Waals surface area contributed by atoms with E-state index >= 15 is 0 Å². The first-order chi connectivity index (χ1) is 15.5. The number of hydrogen-bond acceptors (Lipinski definition) is 5. The van der Waals surface area contributed by atoms with E-state index in [1.165, 1.54) is 12.5 Å². The Labute approximate surface area is 184 Å². The number of amides is 2. The number of aromatic amines is 2. The number of carboxylic acids is 1. The van der Waals surface area contributed by atoms with Crippen molar-refractivity contribution in [3.63, 3.8) is 0 Å². The van der Waals surface area contributed by atoms with E-state index in [4.69, 9.17) is 0 Å². The fraction of sp³-hybridized carbons (Fsp3) is 0.364. The zero-order valence-electron chi connectivity index (χ0n) is 17.4. The van der Waals surface area contributed by atoms with E-state index in [0.29, 0.717) is 12.1 Å². The molecule has 168 valence electrons. The Morgan fingerprint density at radius 1 is 1.12 bits per heavy atom. The Balaban J connectivity index is 1.53. The van der Waals surface area contributed by atoms with Gasteiger partial charge in [-0.25, -0.2) is 9.78 Å². The smallest absolute Gasteiger partial charge is 0.326 e. The number of fused-ring (bicyclic) bond motifs is 1. The number of carbonyl (C=O) groups is 3. The molecule has 1 aromatic carbocycles. The SMILES string of the molecule is O=C(O)[C@H](Cc1cnc[nH]1)NC(=O)[C@H](Cc1c[nH]c2ccccc12)NC(=O)[C@@H]1CCCN1. The third-order valence-corrected chi connectivity index (χ3v) is 5.70. The van der Waals surface area contributed by atoms with Crippen molar-refractivity contribution >= 4 is 28.7 Å². The number of imidazole rings is 1. The van der Waals surface area contributed by atoms with Crippen LogP contribution in [-0.2, 0) is 27.2 Å². The van der Waals surface area contributed by atoms with Crippen molar-refractivity contribution < 1.29 is 19.5 Å². The van der Waals surface area contributed by atoms with Gasteiger partial charge in [-0.2, -0.15) is 0 Å². The van der Waals surface area contributed by atoms with Crippen molar-refractivity contribution in [1.82, 2.24) is 30.9 Å². The van der Waals surface area contributed by atoms with Crippen LogP contribution < -0.4 is 16.0 Å². The molecule has 32 heavy (non-hydrogen) atoms. The van der Waals surface area contributed by atoms with Crippen LogP contribution in [0.3, 0.4) is 0 Å². The molecule has 3 atom stereocenters. The first-order valence-electron chi connectivity index (χ1n) is 10.6. The number of aromatic nitrogens is 3. The Morgan fingerprint density at radius 2 is 1.97 bits per heavy atom. The second-order valence-electron chi connectivity index (χ2n) is 7.95. The van der Waals surface area contributed by atoms with Crippen LogP contribution in [0.25, 0.3) is 10.9 Å². The van der Waals surface area contributed by atoms with Crippen molar-refractivity contribution in [1.29, 1.82) is 0 Å². The number of hydrogen-bond donors (Lipinski definition) is 6. The van der Waals surface area contributed by atoms with Crippen LogP contribution in [0, 0.1) is 0 Å². The summed E-state index contributed by atoms with van der Waals surface area (Å²) in [5.41, 5.74) is 2.37. The van der Waals surface area contributed by atoms with Gasteiger partial charge in [0.15, 0.2) is 0 Å².